The molecular formula is C22H26N2O4S. The van der Waals surface area contributed by atoms with Crippen LogP contribution in [0.5, 0.6) is 11.5 Å². The molecule has 0 saturated carbocycles. The molecule has 0 aliphatic heterocycles. The van der Waals surface area contributed by atoms with E-state index in [1.165, 1.54) is 16.9 Å². The topological polar surface area (TPSA) is 62.0 Å². The number of aryl methyl sites for hydroxylation is 1. The van der Waals surface area contributed by atoms with Crippen LogP contribution in [0, 0.1) is 0 Å². The van der Waals surface area contributed by atoms with Gasteiger partial charge in [-0.15, -0.1) is 0 Å². The Morgan fingerprint density at radius 3 is 2.31 bits per heavy atom. The van der Waals surface area contributed by atoms with Crippen molar-refractivity contribution >= 4 is 27.5 Å². The predicted molar refractivity (Wildman–Crippen MR) is 115 cm³/mol. The molecule has 0 unspecified atom stereocenters. The largest absolute Gasteiger partial charge is 0.493 e. The van der Waals surface area contributed by atoms with Crippen LogP contribution in [0.25, 0.3) is 10.2 Å². The maximum absolute atomic E-state index is 12.6. The van der Waals surface area contributed by atoms with Crippen molar-refractivity contribution in [1.82, 2.24) is 4.57 Å². The lowest BCUT2D eigenvalue weighted by molar-refractivity contribution is -0.117. The summed E-state index contributed by atoms with van der Waals surface area (Å²) in [5.41, 5.74) is 3.15. The number of hydrogen-bond acceptors (Lipinski definition) is 5. The summed E-state index contributed by atoms with van der Waals surface area (Å²) < 4.78 is 19.0. The first-order chi connectivity index (χ1) is 14.1. The molecule has 1 amide bonds. The number of nitrogens with zero attached hydrogens (tertiary/aromatic N) is 2. The number of carbonyl (C=O) groups excluding carboxylic acids is 1. The third-order valence-corrected chi connectivity index (χ3v) is 5.76. The average Bonchev–Trinajstić information content (AvgIpc) is 3.07. The van der Waals surface area contributed by atoms with E-state index in [4.69, 9.17) is 14.2 Å². The van der Waals surface area contributed by atoms with E-state index in [2.05, 4.69) is 24.0 Å². The highest BCUT2D eigenvalue weighted by atomic mass is 32.1. The summed E-state index contributed by atoms with van der Waals surface area (Å²) in [6, 6.07) is 11.9. The molecule has 3 rings (SSSR count). The predicted octanol–water partition coefficient (Wildman–Crippen LogP) is 3.60. The van der Waals surface area contributed by atoms with Crippen LogP contribution in [0.15, 0.2) is 41.4 Å². The van der Waals surface area contributed by atoms with Crippen LogP contribution >= 0.6 is 11.3 Å². The zero-order valence-corrected chi connectivity index (χ0v) is 18.0. The summed E-state index contributed by atoms with van der Waals surface area (Å²) in [5.74, 6) is 1.11. The lowest BCUT2D eigenvalue weighted by atomic mass is 10.1. The molecular weight excluding hydrogens is 388 g/mol. The minimum absolute atomic E-state index is 0.175. The van der Waals surface area contributed by atoms with Crippen LogP contribution in [-0.4, -0.2) is 38.4 Å². The van der Waals surface area contributed by atoms with Crippen molar-refractivity contribution in [2.24, 2.45) is 4.99 Å². The van der Waals surface area contributed by atoms with Gasteiger partial charge in [-0.2, -0.15) is 4.99 Å². The van der Waals surface area contributed by atoms with E-state index in [1.54, 1.807) is 21.3 Å². The molecule has 6 nitrogen and oxygen atoms in total. The van der Waals surface area contributed by atoms with E-state index in [0.29, 0.717) is 29.5 Å². The second kappa shape index (κ2) is 9.71. The standard InChI is InChI=1S/C22H26N2O4S/c1-5-15-6-8-16(9-7-15)12-21(25)23-22-24(10-11-26-2)17-13-18(27-3)19(28-4)14-20(17)29-22/h6-9,13-14H,5,10-12H2,1-4H3. The van der Waals surface area contributed by atoms with Crippen LogP contribution in [0.2, 0.25) is 0 Å². The number of methoxy groups -OCH3 is 3. The molecule has 0 aliphatic carbocycles. The number of rotatable bonds is 8. The van der Waals surface area contributed by atoms with E-state index in [9.17, 15) is 4.79 Å². The number of benzene rings is 2. The number of carbonyl (C=O) groups is 1. The van der Waals surface area contributed by atoms with Crippen molar-refractivity contribution in [1.29, 1.82) is 0 Å². The van der Waals surface area contributed by atoms with Gasteiger partial charge >= 0.3 is 0 Å². The number of amides is 1. The molecule has 0 aliphatic rings. The van der Waals surface area contributed by atoms with Gasteiger partial charge in [-0.1, -0.05) is 42.5 Å². The molecule has 0 N–H and O–H groups in total. The maximum atomic E-state index is 12.6. The summed E-state index contributed by atoms with van der Waals surface area (Å²) in [6.07, 6.45) is 1.25. The van der Waals surface area contributed by atoms with Crippen LogP contribution in [0.3, 0.4) is 0 Å². The Hall–Kier alpha value is -2.64. The van der Waals surface area contributed by atoms with Crippen LogP contribution in [0.1, 0.15) is 18.1 Å². The Labute approximate surface area is 174 Å². The molecule has 3 aromatic rings. The smallest absolute Gasteiger partial charge is 0.252 e. The monoisotopic (exact) mass is 414 g/mol. The number of fused-ring (bicyclic) bond motifs is 1. The molecule has 1 aromatic heterocycles. The SMILES string of the molecule is CCc1ccc(CC(=O)N=c2sc3cc(OC)c(OC)cc3n2CCOC)cc1. The first-order valence-electron chi connectivity index (χ1n) is 9.49. The normalized spacial score (nSPS) is 11.8. The number of aromatic nitrogens is 1. The van der Waals surface area contributed by atoms with Crippen molar-refractivity contribution in [3.8, 4) is 11.5 Å². The minimum Gasteiger partial charge on any atom is -0.493 e. The zero-order chi connectivity index (χ0) is 20.8. The van der Waals surface area contributed by atoms with Crippen molar-refractivity contribution in [3.63, 3.8) is 0 Å². The highest BCUT2D eigenvalue weighted by molar-refractivity contribution is 7.16. The fraction of sp³-hybridized carbons (Fsp3) is 0.364. The summed E-state index contributed by atoms with van der Waals surface area (Å²) in [6.45, 7) is 3.21. The first-order valence-corrected chi connectivity index (χ1v) is 10.3. The molecule has 0 radical (unpaired) electrons. The molecule has 154 valence electrons. The van der Waals surface area contributed by atoms with Crippen LogP contribution < -0.4 is 14.3 Å². The molecule has 0 atom stereocenters. The van der Waals surface area contributed by atoms with Crippen molar-refractivity contribution in [2.75, 3.05) is 27.9 Å². The van der Waals surface area contributed by atoms with E-state index >= 15 is 0 Å². The van der Waals surface area contributed by atoms with Crippen LogP contribution in [-0.2, 0) is 28.9 Å². The van der Waals surface area contributed by atoms with E-state index in [0.717, 1.165) is 22.2 Å². The Balaban J connectivity index is 1.99. The van der Waals surface area contributed by atoms with Gasteiger partial charge in [0.05, 0.1) is 37.5 Å². The Morgan fingerprint density at radius 1 is 1.03 bits per heavy atom. The lowest BCUT2D eigenvalue weighted by Crippen LogP contribution is -2.19. The first kappa shape index (κ1) is 21.1. The van der Waals surface area contributed by atoms with E-state index in [-0.39, 0.29) is 12.3 Å². The summed E-state index contributed by atoms with van der Waals surface area (Å²) in [5, 5.41) is 0. The van der Waals surface area contributed by atoms with Gasteiger partial charge in [0.25, 0.3) is 5.91 Å². The highest BCUT2D eigenvalue weighted by Crippen LogP contribution is 2.33. The van der Waals surface area contributed by atoms with Gasteiger partial charge < -0.3 is 18.8 Å². The molecule has 0 bridgehead atoms. The molecule has 0 spiro atoms. The summed E-state index contributed by atoms with van der Waals surface area (Å²) >= 11 is 1.45. The van der Waals surface area contributed by atoms with Crippen molar-refractivity contribution < 1.29 is 19.0 Å². The summed E-state index contributed by atoms with van der Waals surface area (Å²) in [4.78, 5) is 17.7. The molecule has 7 heteroatoms. The van der Waals surface area contributed by atoms with Gasteiger partial charge in [-0.05, 0) is 17.5 Å². The maximum Gasteiger partial charge on any atom is 0.252 e. The highest BCUT2D eigenvalue weighted by Gasteiger charge is 2.13. The number of ether oxygens (including phenoxy) is 3. The molecule has 29 heavy (non-hydrogen) atoms. The quantitative estimate of drug-likeness (QED) is 0.565. The zero-order valence-electron chi connectivity index (χ0n) is 17.2. The van der Waals surface area contributed by atoms with Crippen molar-refractivity contribution in [3.05, 3.63) is 52.3 Å². The second-order valence-corrected chi connectivity index (χ2v) is 7.57. The molecule has 0 fully saturated rings. The Bertz CT molecular complexity index is 1050. The molecule has 0 saturated heterocycles. The molecule has 1 heterocycles. The Kier molecular flexibility index (Phi) is 7.06. The third-order valence-electron chi connectivity index (χ3n) is 4.71. The number of hydrogen-bond donors (Lipinski definition) is 0. The third kappa shape index (κ3) is 4.86. The second-order valence-electron chi connectivity index (χ2n) is 6.56. The van der Waals surface area contributed by atoms with Gasteiger partial charge in [0.1, 0.15) is 0 Å². The van der Waals surface area contributed by atoms with Crippen LogP contribution in [0.4, 0.5) is 0 Å². The fourth-order valence-corrected chi connectivity index (χ4v) is 4.18. The average molecular weight is 415 g/mol. The Morgan fingerprint density at radius 2 is 1.69 bits per heavy atom. The van der Waals surface area contributed by atoms with E-state index < -0.39 is 0 Å². The fourth-order valence-electron chi connectivity index (χ4n) is 3.09. The molecule has 2 aromatic carbocycles. The minimum atomic E-state index is -0.175. The van der Waals surface area contributed by atoms with E-state index in [1.807, 2.05) is 28.8 Å². The van der Waals surface area contributed by atoms with Gasteiger partial charge in [0.2, 0.25) is 0 Å². The summed E-state index contributed by atoms with van der Waals surface area (Å²) in [7, 11) is 4.86. The lowest BCUT2D eigenvalue weighted by Gasteiger charge is -2.09. The van der Waals surface area contributed by atoms with Gasteiger partial charge in [0.15, 0.2) is 16.3 Å². The van der Waals surface area contributed by atoms with Gasteiger partial charge in [0, 0.05) is 25.8 Å². The van der Waals surface area contributed by atoms with Crippen molar-refractivity contribution in [2.45, 2.75) is 26.3 Å². The van der Waals surface area contributed by atoms with Gasteiger partial charge in [-0.3, -0.25) is 4.79 Å². The number of thiazole rings is 1. The van der Waals surface area contributed by atoms with Gasteiger partial charge in [-0.25, -0.2) is 0 Å².